The second-order valence-electron chi connectivity index (χ2n) is 6.58. The molecule has 0 unspecified atom stereocenters. The van der Waals surface area contributed by atoms with E-state index in [4.69, 9.17) is 16.3 Å². The molecule has 0 atom stereocenters. The monoisotopic (exact) mass is 479 g/mol. The zero-order valence-electron chi connectivity index (χ0n) is 15.8. The van der Waals surface area contributed by atoms with Crippen molar-refractivity contribution in [2.75, 3.05) is 6.54 Å². The summed E-state index contributed by atoms with van der Waals surface area (Å²) in [6.45, 7) is 4.31. The third kappa shape index (κ3) is 7.14. The Bertz CT molecular complexity index is 867. The summed E-state index contributed by atoms with van der Waals surface area (Å²) in [5, 5.41) is 4.28. The van der Waals surface area contributed by atoms with Crippen LogP contribution < -0.4 is 10.1 Å². The second kappa shape index (κ2) is 11.5. The lowest BCUT2D eigenvalue weighted by molar-refractivity contribution is 0.302. The van der Waals surface area contributed by atoms with E-state index >= 15 is 0 Å². The molecule has 28 heavy (non-hydrogen) atoms. The Balaban J connectivity index is 0.00000280. The van der Waals surface area contributed by atoms with Crippen molar-refractivity contribution in [3.63, 3.8) is 0 Å². The number of benzene rings is 3. The van der Waals surface area contributed by atoms with Gasteiger partial charge in [-0.15, -0.1) is 12.4 Å². The van der Waals surface area contributed by atoms with E-state index in [1.807, 2.05) is 24.3 Å². The van der Waals surface area contributed by atoms with E-state index in [1.54, 1.807) is 0 Å². The van der Waals surface area contributed by atoms with Gasteiger partial charge in [-0.05, 0) is 61.3 Å². The molecule has 2 nitrogen and oxygen atoms in total. The Hall–Kier alpha value is -1.52. The fourth-order valence-electron chi connectivity index (χ4n) is 2.78. The van der Waals surface area contributed by atoms with E-state index in [1.165, 1.54) is 16.7 Å². The molecule has 3 aromatic carbocycles. The van der Waals surface area contributed by atoms with Gasteiger partial charge in [0.15, 0.2) is 0 Å². The van der Waals surface area contributed by atoms with Gasteiger partial charge in [-0.25, -0.2) is 0 Å². The molecule has 0 spiro atoms. The zero-order chi connectivity index (χ0) is 19.1. The molecule has 0 fully saturated rings. The topological polar surface area (TPSA) is 21.3 Å². The van der Waals surface area contributed by atoms with Crippen molar-refractivity contribution < 1.29 is 4.74 Å². The Labute approximate surface area is 186 Å². The average molecular weight is 481 g/mol. The van der Waals surface area contributed by atoms with Crippen LogP contribution in [0, 0.1) is 6.92 Å². The van der Waals surface area contributed by atoms with E-state index in [0.717, 1.165) is 40.3 Å². The number of rotatable bonds is 8. The highest BCUT2D eigenvalue weighted by Gasteiger charge is 2.06. The van der Waals surface area contributed by atoms with Crippen LogP contribution in [0.1, 0.15) is 22.3 Å². The van der Waals surface area contributed by atoms with Crippen LogP contribution in [0.2, 0.25) is 5.02 Å². The summed E-state index contributed by atoms with van der Waals surface area (Å²) in [5.74, 6) is 0.915. The van der Waals surface area contributed by atoms with Crippen molar-refractivity contribution >= 4 is 39.9 Å². The minimum absolute atomic E-state index is 0. The van der Waals surface area contributed by atoms with Crippen LogP contribution in [0.5, 0.6) is 5.75 Å². The van der Waals surface area contributed by atoms with E-state index in [-0.39, 0.29) is 12.4 Å². The first-order valence-corrected chi connectivity index (χ1v) is 10.2. The predicted octanol–water partition coefficient (Wildman–Crippen LogP) is 6.74. The maximum atomic E-state index is 6.07. The summed E-state index contributed by atoms with van der Waals surface area (Å²) in [7, 11) is 0. The molecule has 0 saturated heterocycles. The van der Waals surface area contributed by atoms with E-state index in [9.17, 15) is 0 Å². The molecule has 0 aliphatic carbocycles. The van der Waals surface area contributed by atoms with Crippen molar-refractivity contribution in [3.05, 3.63) is 98.5 Å². The lowest BCUT2D eigenvalue weighted by atomic mass is 10.1. The van der Waals surface area contributed by atoms with Crippen molar-refractivity contribution in [3.8, 4) is 5.75 Å². The summed E-state index contributed by atoms with van der Waals surface area (Å²) in [6.07, 6.45) is 0.963. The summed E-state index contributed by atoms with van der Waals surface area (Å²) < 4.78 is 7.13. The number of nitrogens with one attached hydrogen (secondary N) is 1. The third-order valence-corrected chi connectivity index (χ3v) is 5.10. The van der Waals surface area contributed by atoms with Crippen LogP contribution in [0.15, 0.2) is 71.2 Å². The Morgan fingerprint density at radius 1 is 0.929 bits per heavy atom. The van der Waals surface area contributed by atoms with Gasteiger partial charge in [0.1, 0.15) is 12.4 Å². The fourth-order valence-corrected chi connectivity index (χ4v) is 3.31. The van der Waals surface area contributed by atoms with Crippen LogP contribution in [0.4, 0.5) is 0 Å². The van der Waals surface area contributed by atoms with Crippen molar-refractivity contribution in [2.45, 2.75) is 26.5 Å². The highest BCUT2D eigenvalue weighted by Crippen LogP contribution is 2.24. The summed E-state index contributed by atoms with van der Waals surface area (Å²) in [6, 6.07) is 22.6. The van der Waals surface area contributed by atoms with Crippen molar-refractivity contribution in [2.24, 2.45) is 0 Å². The van der Waals surface area contributed by atoms with E-state index in [0.29, 0.717) is 6.61 Å². The maximum absolute atomic E-state index is 6.07. The SMILES string of the molecule is Cc1ccc(COc2ccc(Br)cc2CNCCc2ccc(Cl)cc2)cc1.Cl. The molecule has 3 rings (SSSR count). The van der Waals surface area contributed by atoms with E-state index in [2.05, 4.69) is 70.6 Å². The van der Waals surface area contributed by atoms with Crippen LogP contribution >= 0.6 is 39.9 Å². The summed E-state index contributed by atoms with van der Waals surface area (Å²) in [4.78, 5) is 0. The molecule has 0 saturated carbocycles. The first kappa shape index (κ1) is 22.8. The normalized spacial score (nSPS) is 10.4. The minimum atomic E-state index is 0. The number of hydrogen-bond donors (Lipinski definition) is 1. The number of hydrogen-bond acceptors (Lipinski definition) is 2. The first-order valence-electron chi connectivity index (χ1n) is 9.02. The lowest BCUT2D eigenvalue weighted by Gasteiger charge is -2.13. The number of aryl methyl sites for hydroxylation is 1. The Morgan fingerprint density at radius 3 is 2.32 bits per heavy atom. The third-order valence-electron chi connectivity index (χ3n) is 4.36. The molecule has 0 radical (unpaired) electrons. The predicted molar refractivity (Wildman–Crippen MR) is 124 cm³/mol. The lowest BCUT2D eigenvalue weighted by Crippen LogP contribution is -2.17. The summed E-state index contributed by atoms with van der Waals surface area (Å²) >= 11 is 9.49. The summed E-state index contributed by atoms with van der Waals surface area (Å²) in [5.41, 5.74) is 4.85. The van der Waals surface area contributed by atoms with Crippen LogP contribution in [-0.2, 0) is 19.6 Å². The smallest absolute Gasteiger partial charge is 0.124 e. The van der Waals surface area contributed by atoms with Crippen LogP contribution in [0.25, 0.3) is 0 Å². The molecule has 1 N–H and O–H groups in total. The molecule has 0 amide bonds. The van der Waals surface area contributed by atoms with Gasteiger partial charge in [-0.1, -0.05) is 69.5 Å². The molecular formula is C23H24BrCl2NO. The van der Waals surface area contributed by atoms with Gasteiger partial charge in [0.2, 0.25) is 0 Å². The average Bonchev–Trinajstić information content (AvgIpc) is 2.67. The molecule has 3 aromatic rings. The molecule has 0 bridgehead atoms. The standard InChI is InChI=1S/C23H23BrClNO.ClH/c1-17-2-4-19(5-3-17)16-27-23-11-8-21(24)14-20(23)15-26-13-12-18-6-9-22(25)10-7-18;/h2-11,14,26H,12-13,15-16H2,1H3;1H. The van der Waals surface area contributed by atoms with E-state index < -0.39 is 0 Å². The first-order chi connectivity index (χ1) is 13.1. The van der Waals surface area contributed by atoms with Gasteiger partial charge in [0.05, 0.1) is 0 Å². The molecule has 0 aliphatic heterocycles. The molecule has 148 valence electrons. The Kier molecular flexibility index (Phi) is 9.33. The highest BCUT2D eigenvalue weighted by atomic mass is 79.9. The largest absolute Gasteiger partial charge is 0.489 e. The molecule has 0 aromatic heterocycles. The van der Waals surface area contributed by atoms with Crippen molar-refractivity contribution in [1.29, 1.82) is 0 Å². The van der Waals surface area contributed by atoms with Gasteiger partial charge >= 0.3 is 0 Å². The number of halogens is 3. The molecule has 0 aliphatic rings. The van der Waals surface area contributed by atoms with Crippen LogP contribution in [-0.4, -0.2) is 6.54 Å². The van der Waals surface area contributed by atoms with Gasteiger partial charge in [0, 0.05) is 21.6 Å². The van der Waals surface area contributed by atoms with Crippen molar-refractivity contribution in [1.82, 2.24) is 5.32 Å². The van der Waals surface area contributed by atoms with Gasteiger partial charge in [-0.3, -0.25) is 0 Å². The number of ether oxygens (including phenoxy) is 1. The minimum Gasteiger partial charge on any atom is -0.489 e. The van der Waals surface area contributed by atoms with Gasteiger partial charge < -0.3 is 10.1 Å². The van der Waals surface area contributed by atoms with Crippen LogP contribution in [0.3, 0.4) is 0 Å². The quantitative estimate of drug-likeness (QED) is 0.360. The maximum Gasteiger partial charge on any atom is 0.124 e. The molecular weight excluding hydrogens is 457 g/mol. The van der Waals surface area contributed by atoms with Gasteiger partial charge in [0.25, 0.3) is 0 Å². The highest BCUT2D eigenvalue weighted by molar-refractivity contribution is 9.10. The second-order valence-corrected chi connectivity index (χ2v) is 7.93. The molecule has 0 heterocycles. The zero-order valence-corrected chi connectivity index (χ0v) is 18.9. The fraction of sp³-hybridized carbons (Fsp3) is 0.217. The molecule has 5 heteroatoms. The Morgan fingerprint density at radius 2 is 1.61 bits per heavy atom. The van der Waals surface area contributed by atoms with Gasteiger partial charge in [-0.2, -0.15) is 0 Å².